The molecule has 2 unspecified atom stereocenters. The molecule has 1 aliphatic rings. The zero-order chi connectivity index (χ0) is 22.7. The van der Waals surface area contributed by atoms with E-state index in [2.05, 4.69) is 4.98 Å². The van der Waals surface area contributed by atoms with E-state index < -0.39 is 32.4 Å². The fraction of sp³-hybridized carbons (Fsp3) is 0.476. The molecule has 0 spiro atoms. The van der Waals surface area contributed by atoms with E-state index in [1.54, 1.807) is 32.4 Å². The molecule has 1 aliphatic heterocycles. The van der Waals surface area contributed by atoms with Crippen LogP contribution in [0.25, 0.3) is 0 Å². The lowest BCUT2D eigenvalue weighted by molar-refractivity contribution is -0.137. The van der Waals surface area contributed by atoms with Crippen molar-refractivity contribution >= 4 is 9.84 Å². The molecule has 1 aromatic carbocycles. The Bertz CT molecular complexity index is 995. The first-order valence-corrected chi connectivity index (χ1v) is 11.2. The van der Waals surface area contributed by atoms with Crippen LogP contribution in [0.4, 0.5) is 13.2 Å². The molecule has 170 valence electrons. The van der Waals surface area contributed by atoms with Crippen LogP contribution < -0.4 is 4.74 Å². The monoisotopic (exact) mass is 459 g/mol. The number of sulfone groups is 1. The molecule has 1 fully saturated rings. The number of benzene rings is 1. The molecule has 1 aromatic heterocycles. The van der Waals surface area contributed by atoms with Gasteiger partial charge in [0.25, 0.3) is 0 Å². The molecule has 2 aromatic rings. The van der Waals surface area contributed by atoms with E-state index in [1.165, 1.54) is 6.07 Å². The Hall–Kier alpha value is -2.17. The van der Waals surface area contributed by atoms with Gasteiger partial charge in [-0.05, 0) is 49.6 Å². The van der Waals surface area contributed by atoms with Crippen molar-refractivity contribution in [3.8, 4) is 5.88 Å². The quantitative estimate of drug-likeness (QED) is 0.578. The second kappa shape index (κ2) is 9.13. The first-order chi connectivity index (χ1) is 14.6. The Balaban J connectivity index is 1.81. The average molecular weight is 459 g/mol. The van der Waals surface area contributed by atoms with Crippen molar-refractivity contribution in [2.24, 2.45) is 0 Å². The highest BCUT2D eigenvalue weighted by Crippen LogP contribution is 2.42. The van der Waals surface area contributed by atoms with E-state index in [-0.39, 0.29) is 24.3 Å². The van der Waals surface area contributed by atoms with Crippen LogP contribution in [0.2, 0.25) is 0 Å². The number of alkyl halides is 3. The minimum atomic E-state index is -4.62. The zero-order valence-corrected chi connectivity index (χ0v) is 18.0. The molecule has 0 saturated carbocycles. The van der Waals surface area contributed by atoms with Crippen molar-refractivity contribution in [3.05, 3.63) is 53.7 Å². The van der Waals surface area contributed by atoms with Crippen LogP contribution in [0, 0.1) is 0 Å². The molecule has 6 nitrogen and oxygen atoms in total. The highest BCUT2D eigenvalue weighted by atomic mass is 32.2. The van der Waals surface area contributed by atoms with E-state index in [4.69, 9.17) is 14.2 Å². The van der Waals surface area contributed by atoms with Crippen LogP contribution in [0.1, 0.15) is 37.0 Å². The molecule has 10 heteroatoms. The molecule has 0 bridgehead atoms. The van der Waals surface area contributed by atoms with Crippen LogP contribution in [0.15, 0.2) is 47.5 Å². The van der Waals surface area contributed by atoms with Crippen LogP contribution in [-0.2, 0) is 25.5 Å². The lowest BCUT2D eigenvalue weighted by Gasteiger charge is -2.37. The van der Waals surface area contributed by atoms with Gasteiger partial charge in [-0.3, -0.25) is 0 Å². The van der Waals surface area contributed by atoms with Crippen molar-refractivity contribution in [1.29, 1.82) is 0 Å². The molecular weight excluding hydrogens is 435 g/mol. The highest BCUT2D eigenvalue weighted by Gasteiger charge is 2.45. The number of aromatic nitrogens is 1. The van der Waals surface area contributed by atoms with Crippen molar-refractivity contribution in [2.45, 2.75) is 41.7 Å². The molecule has 0 radical (unpaired) electrons. The summed E-state index contributed by atoms with van der Waals surface area (Å²) in [6, 6.07) is 7.26. The smallest absolute Gasteiger partial charge is 0.416 e. The summed E-state index contributed by atoms with van der Waals surface area (Å²) in [4.78, 5) is 3.86. The van der Waals surface area contributed by atoms with Gasteiger partial charge in [0.15, 0.2) is 9.84 Å². The molecular formula is C21H24F3NO5S. The van der Waals surface area contributed by atoms with Crippen LogP contribution in [0.3, 0.4) is 0 Å². The molecule has 3 rings (SSSR count). The van der Waals surface area contributed by atoms with Crippen molar-refractivity contribution in [2.75, 3.05) is 26.9 Å². The predicted molar refractivity (Wildman–Crippen MR) is 107 cm³/mol. The Morgan fingerprint density at radius 3 is 2.65 bits per heavy atom. The van der Waals surface area contributed by atoms with Gasteiger partial charge >= 0.3 is 6.18 Å². The third kappa shape index (κ3) is 5.19. The van der Waals surface area contributed by atoms with Gasteiger partial charge in [-0.1, -0.05) is 6.07 Å². The lowest BCUT2D eigenvalue weighted by Crippen LogP contribution is -2.42. The van der Waals surface area contributed by atoms with E-state index in [9.17, 15) is 21.6 Å². The third-order valence-corrected chi connectivity index (χ3v) is 7.90. The maximum absolute atomic E-state index is 13.3. The maximum Gasteiger partial charge on any atom is 0.416 e. The Morgan fingerprint density at radius 1 is 1.23 bits per heavy atom. The average Bonchev–Trinajstić information content (AvgIpc) is 2.74. The molecule has 31 heavy (non-hydrogen) atoms. The van der Waals surface area contributed by atoms with Crippen molar-refractivity contribution in [3.63, 3.8) is 0 Å². The predicted octanol–water partition coefficient (Wildman–Crippen LogP) is 4.21. The van der Waals surface area contributed by atoms with E-state index in [1.807, 2.05) is 0 Å². The summed E-state index contributed by atoms with van der Waals surface area (Å²) >= 11 is 0. The summed E-state index contributed by atoms with van der Waals surface area (Å²) in [6.07, 6.45) is -3.36. The number of pyridine rings is 1. The molecule has 0 amide bonds. The van der Waals surface area contributed by atoms with Crippen LogP contribution in [-0.4, -0.2) is 45.1 Å². The van der Waals surface area contributed by atoms with Gasteiger partial charge in [0.2, 0.25) is 5.88 Å². The minimum absolute atomic E-state index is 0.0944. The van der Waals surface area contributed by atoms with Gasteiger partial charge < -0.3 is 14.2 Å². The van der Waals surface area contributed by atoms with E-state index in [0.29, 0.717) is 30.7 Å². The first kappa shape index (κ1) is 23.5. The number of hydrogen-bond donors (Lipinski definition) is 0. The maximum atomic E-state index is 13.3. The lowest BCUT2D eigenvalue weighted by atomic mass is 9.93. The Kier molecular flexibility index (Phi) is 6.92. The number of rotatable bonds is 7. The summed E-state index contributed by atoms with van der Waals surface area (Å²) < 4.78 is 80.6. The number of halogens is 3. The highest BCUT2D eigenvalue weighted by molar-refractivity contribution is 7.92. The van der Waals surface area contributed by atoms with E-state index in [0.717, 1.165) is 12.1 Å². The second-order valence-corrected chi connectivity index (χ2v) is 10.0. The number of methoxy groups -OCH3 is 1. The molecule has 1 saturated heterocycles. The van der Waals surface area contributed by atoms with Gasteiger partial charge in [-0.2, -0.15) is 13.2 Å². The van der Waals surface area contributed by atoms with Gasteiger partial charge in [0.05, 0.1) is 27.9 Å². The van der Waals surface area contributed by atoms with Gasteiger partial charge in [-0.25, -0.2) is 13.4 Å². The summed E-state index contributed by atoms with van der Waals surface area (Å²) in [5, 5.41) is 0. The normalized spacial score (nSPS) is 22.3. The topological polar surface area (TPSA) is 74.7 Å². The number of hydrogen-bond acceptors (Lipinski definition) is 6. The van der Waals surface area contributed by atoms with Gasteiger partial charge in [-0.15, -0.1) is 0 Å². The fourth-order valence-corrected chi connectivity index (χ4v) is 5.28. The third-order valence-electron chi connectivity index (χ3n) is 5.36. The summed E-state index contributed by atoms with van der Waals surface area (Å²) in [7, 11) is -2.49. The zero-order valence-electron chi connectivity index (χ0n) is 17.2. The van der Waals surface area contributed by atoms with E-state index >= 15 is 0 Å². The summed E-state index contributed by atoms with van der Waals surface area (Å²) in [5.41, 5.74) is -0.321. The largest absolute Gasteiger partial charge is 0.475 e. The summed E-state index contributed by atoms with van der Waals surface area (Å²) in [6.45, 7) is 2.47. The summed E-state index contributed by atoms with van der Waals surface area (Å²) in [5.74, 6) is 0.399. The Morgan fingerprint density at radius 2 is 2.00 bits per heavy atom. The number of nitrogens with zero attached hydrogens (tertiary/aromatic N) is 1. The standard InChI is InChI=1S/C21H24F3NO5S/c1-20(31(26,27)17-5-3-4-16(12-17)21(22,23)24)8-9-29-18(13-20)15-6-7-19(25-14-15)30-11-10-28-2/h3-7,12,14,18H,8-11,13H2,1-2H3. The van der Waals surface area contributed by atoms with Gasteiger partial charge in [0.1, 0.15) is 6.61 Å². The number of ether oxygens (including phenoxy) is 3. The minimum Gasteiger partial charge on any atom is -0.475 e. The van der Waals surface area contributed by atoms with Gasteiger partial charge in [0, 0.05) is 26.0 Å². The Labute approximate surface area is 179 Å². The first-order valence-electron chi connectivity index (χ1n) is 9.68. The van der Waals surface area contributed by atoms with Crippen LogP contribution >= 0.6 is 0 Å². The fourth-order valence-electron chi connectivity index (χ4n) is 3.45. The molecule has 0 N–H and O–H groups in total. The molecule has 2 atom stereocenters. The molecule has 2 heterocycles. The molecule has 0 aliphatic carbocycles. The second-order valence-electron chi connectivity index (χ2n) is 7.56. The van der Waals surface area contributed by atoms with Crippen molar-refractivity contribution in [1.82, 2.24) is 4.98 Å². The van der Waals surface area contributed by atoms with Crippen LogP contribution in [0.5, 0.6) is 5.88 Å². The SMILES string of the molecule is COCCOc1ccc(C2CC(C)(S(=O)(=O)c3cccc(C(F)(F)F)c3)CCO2)cn1. The van der Waals surface area contributed by atoms with Crippen molar-refractivity contribution < 1.29 is 35.8 Å².